The smallest absolute Gasteiger partial charge is 0.347 e. The molecule has 2 heterocycles. The molecule has 0 amide bonds. The van der Waals surface area contributed by atoms with Crippen molar-refractivity contribution in [1.29, 1.82) is 0 Å². The zero-order valence-corrected chi connectivity index (χ0v) is 35.4. The van der Waals surface area contributed by atoms with Crippen LogP contribution in [-0.2, 0) is 38.6 Å². The Morgan fingerprint density at radius 3 is 1.29 bits per heavy atom. The largest absolute Gasteiger partial charge is 0.491 e. The lowest BCUT2D eigenvalue weighted by molar-refractivity contribution is -0.299. The molecular formula is C38H58O10S4. The number of hydrogen-bond acceptors (Lipinski definition) is 14. The van der Waals surface area contributed by atoms with Gasteiger partial charge in [0.25, 0.3) is 0 Å². The van der Waals surface area contributed by atoms with E-state index in [1.165, 1.54) is 23.5 Å². The Morgan fingerprint density at radius 2 is 0.942 bits per heavy atom. The predicted molar refractivity (Wildman–Crippen MR) is 210 cm³/mol. The van der Waals surface area contributed by atoms with Gasteiger partial charge in [0.1, 0.15) is 24.7 Å². The number of hydrogen-bond donors (Lipinski definition) is 0. The Morgan fingerprint density at radius 1 is 0.538 bits per heavy atom. The van der Waals surface area contributed by atoms with Gasteiger partial charge in [-0.15, -0.1) is 0 Å². The molecule has 294 valence electrons. The highest BCUT2D eigenvalue weighted by Gasteiger charge is 2.41. The highest BCUT2D eigenvalue weighted by Crippen LogP contribution is 2.68. The second-order valence-electron chi connectivity index (χ2n) is 12.2. The van der Waals surface area contributed by atoms with Gasteiger partial charge in [-0.2, -0.15) is 0 Å². The van der Waals surface area contributed by atoms with Crippen LogP contribution in [0.15, 0.2) is 39.2 Å². The highest BCUT2D eigenvalue weighted by molar-refractivity contribution is 8.26. The van der Waals surface area contributed by atoms with E-state index < -0.39 is 11.9 Å². The Kier molecular flexibility index (Phi) is 21.4. The van der Waals surface area contributed by atoms with Crippen molar-refractivity contribution in [1.82, 2.24) is 0 Å². The molecule has 10 nitrogen and oxygen atoms in total. The molecule has 3 rings (SSSR count). The molecule has 0 saturated heterocycles. The van der Waals surface area contributed by atoms with Gasteiger partial charge in [0.05, 0.1) is 67.7 Å². The van der Waals surface area contributed by atoms with Crippen molar-refractivity contribution in [2.24, 2.45) is 11.8 Å². The average Bonchev–Trinajstić information content (AvgIpc) is 3.77. The maximum absolute atomic E-state index is 13.3. The van der Waals surface area contributed by atoms with Crippen LogP contribution in [0.5, 0.6) is 11.5 Å². The van der Waals surface area contributed by atoms with E-state index in [1.807, 2.05) is 13.8 Å². The molecule has 0 bridgehead atoms. The third-order valence-electron chi connectivity index (χ3n) is 8.35. The van der Waals surface area contributed by atoms with Crippen LogP contribution in [-0.4, -0.2) is 64.8 Å². The summed E-state index contributed by atoms with van der Waals surface area (Å²) in [4.78, 5) is 51.6. The molecular weight excluding hydrogens is 745 g/mol. The molecule has 14 heteroatoms. The van der Waals surface area contributed by atoms with Crippen molar-refractivity contribution < 1.29 is 48.1 Å². The normalized spacial score (nSPS) is 14.5. The molecule has 0 aliphatic carbocycles. The summed E-state index contributed by atoms with van der Waals surface area (Å²) in [6.45, 7) is 18.5. The SMILES string of the molecule is CCCCC(CC)COc1c2c(c(OCC(CC)CCCC)c3c1SC(=C(C(=O)OCC)C(=O)OCC)S3)SC(=C(COOCC)COOCC)S2. The number of esters is 2. The van der Waals surface area contributed by atoms with Crippen LogP contribution in [0.1, 0.15) is 107 Å². The fourth-order valence-corrected chi connectivity index (χ4v) is 10.8. The van der Waals surface area contributed by atoms with Crippen LogP contribution < -0.4 is 9.47 Å². The van der Waals surface area contributed by atoms with Crippen molar-refractivity contribution in [2.75, 3.05) is 52.9 Å². The quantitative estimate of drug-likeness (QED) is 0.0169. The van der Waals surface area contributed by atoms with E-state index in [4.69, 9.17) is 38.5 Å². The molecule has 0 fully saturated rings. The maximum atomic E-state index is 13.3. The number of fused-ring (bicyclic) bond motifs is 2. The monoisotopic (exact) mass is 802 g/mol. The standard InChI is InChI=1S/C38H58O10S4/c1-9-17-19-25(11-3)21-43-29-31-32(50-37(49-31)27(23-47-45-15-7)24-48-46-16-8)30(44-22-26(12-4)20-18-10-2)34-33(29)51-38(52-34)28(35(39)41-13-5)36(40)42-14-6/h25-26H,9-24H2,1-8H3. The van der Waals surface area contributed by atoms with Crippen molar-refractivity contribution in [3.8, 4) is 11.5 Å². The molecule has 52 heavy (non-hydrogen) atoms. The highest BCUT2D eigenvalue weighted by atomic mass is 32.2. The second kappa shape index (κ2) is 24.8. The van der Waals surface area contributed by atoms with Crippen LogP contribution in [0.25, 0.3) is 0 Å². The number of benzene rings is 1. The molecule has 2 atom stereocenters. The van der Waals surface area contributed by atoms with Crippen LogP contribution in [0, 0.1) is 11.8 Å². The van der Waals surface area contributed by atoms with E-state index in [1.54, 1.807) is 37.4 Å². The Labute approximate surface area is 327 Å². The van der Waals surface area contributed by atoms with E-state index in [9.17, 15) is 9.59 Å². The number of carbonyl (C=O) groups excluding carboxylic acids is 2. The van der Waals surface area contributed by atoms with E-state index in [0.29, 0.717) is 54.0 Å². The van der Waals surface area contributed by atoms with Gasteiger partial charge >= 0.3 is 11.9 Å². The third-order valence-corrected chi connectivity index (χ3v) is 13.7. The van der Waals surface area contributed by atoms with Crippen molar-refractivity contribution in [2.45, 2.75) is 126 Å². The summed E-state index contributed by atoms with van der Waals surface area (Å²) < 4.78 is 25.9. The summed E-state index contributed by atoms with van der Waals surface area (Å²) in [5.41, 5.74) is 0.752. The van der Waals surface area contributed by atoms with Crippen LogP contribution in [0.3, 0.4) is 0 Å². The summed E-state index contributed by atoms with van der Waals surface area (Å²) in [6, 6.07) is 0. The van der Waals surface area contributed by atoms with Gasteiger partial charge in [-0.25, -0.2) is 29.1 Å². The first-order chi connectivity index (χ1) is 25.3. The van der Waals surface area contributed by atoms with Crippen LogP contribution >= 0.6 is 47.0 Å². The maximum Gasteiger partial charge on any atom is 0.347 e. The zero-order chi connectivity index (χ0) is 37.9. The van der Waals surface area contributed by atoms with Gasteiger partial charge < -0.3 is 18.9 Å². The van der Waals surface area contributed by atoms with Crippen molar-refractivity contribution >= 4 is 59.0 Å². The van der Waals surface area contributed by atoms with E-state index >= 15 is 0 Å². The van der Waals surface area contributed by atoms with Gasteiger partial charge in [0, 0.05) is 5.57 Å². The molecule has 2 unspecified atom stereocenters. The summed E-state index contributed by atoms with van der Waals surface area (Å²) in [5, 5.41) is 0. The molecule has 0 N–H and O–H groups in total. The van der Waals surface area contributed by atoms with Crippen LogP contribution in [0.2, 0.25) is 0 Å². The van der Waals surface area contributed by atoms with E-state index in [-0.39, 0.29) is 32.0 Å². The predicted octanol–water partition coefficient (Wildman–Crippen LogP) is 10.8. The fraction of sp³-hybridized carbons (Fsp3) is 0.684. The molecule has 1 aromatic rings. The summed E-state index contributed by atoms with van der Waals surface area (Å²) in [5.74, 6) is 0.762. The number of rotatable bonds is 26. The zero-order valence-electron chi connectivity index (χ0n) is 32.2. The van der Waals surface area contributed by atoms with Crippen LogP contribution in [0.4, 0.5) is 0 Å². The summed E-state index contributed by atoms with van der Waals surface area (Å²) >= 11 is 5.85. The van der Waals surface area contributed by atoms with Crippen molar-refractivity contribution in [3.63, 3.8) is 0 Å². The van der Waals surface area contributed by atoms with E-state index in [0.717, 1.165) is 80.8 Å². The van der Waals surface area contributed by atoms with E-state index in [2.05, 4.69) is 27.7 Å². The average molecular weight is 803 g/mol. The van der Waals surface area contributed by atoms with Gasteiger partial charge in [0.15, 0.2) is 5.57 Å². The minimum absolute atomic E-state index is 0.111. The number of ether oxygens (including phenoxy) is 4. The Bertz CT molecular complexity index is 1270. The number of unbranched alkanes of at least 4 members (excludes halogenated alkanes) is 2. The van der Waals surface area contributed by atoms with Crippen molar-refractivity contribution in [3.05, 3.63) is 19.6 Å². The topological polar surface area (TPSA) is 108 Å². The summed E-state index contributed by atoms with van der Waals surface area (Å²) in [6.07, 6.45) is 8.61. The summed E-state index contributed by atoms with van der Waals surface area (Å²) in [7, 11) is 0. The molecule has 0 aromatic heterocycles. The first-order valence-corrected chi connectivity index (χ1v) is 22.1. The molecule has 2 aliphatic heterocycles. The molecule has 0 spiro atoms. The molecule has 0 radical (unpaired) electrons. The minimum atomic E-state index is -0.709. The lowest BCUT2D eigenvalue weighted by Crippen LogP contribution is -2.19. The molecule has 1 aromatic carbocycles. The minimum Gasteiger partial charge on any atom is -0.491 e. The van der Waals surface area contributed by atoms with Gasteiger partial charge in [-0.1, -0.05) is 113 Å². The lowest BCUT2D eigenvalue weighted by Gasteiger charge is -2.22. The lowest BCUT2D eigenvalue weighted by atomic mass is 10.0. The number of carbonyl (C=O) groups is 2. The van der Waals surface area contributed by atoms with Gasteiger partial charge in [0.2, 0.25) is 0 Å². The fourth-order valence-electron chi connectivity index (χ4n) is 5.32. The molecule has 0 saturated carbocycles. The second-order valence-corrected chi connectivity index (χ2v) is 16.8. The number of thioether (sulfide) groups is 4. The molecule has 2 aliphatic rings. The first kappa shape index (κ1) is 44.9. The van der Waals surface area contributed by atoms with Gasteiger partial charge in [-0.3, -0.25) is 0 Å². The Hall–Kier alpha value is -1.52. The Balaban J connectivity index is 2.25. The van der Waals surface area contributed by atoms with Gasteiger partial charge in [-0.05, 0) is 52.4 Å². The third kappa shape index (κ3) is 12.8. The first-order valence-electron chi connectivity index (χ1n) is 18.8.